The van der Waals surface area contributed by atoms with E-state index in [1.165, 1.54) is 10.8 Å². The first-order chi connectivity index (χ1) is 9.02. The van der Waals surface area contributed by atoms with Crippen LogP contribution in [0.5, 0.6) is 0 Å². The smallest absolute Gasteiger partial charge is 0.322 e. The maximum absolute atomic E-state index is 10.9. The molecule has 0 spiro atoms. The molecule has 4 N–H and O–H groups in total. The molecule has 1 aromatic heterocycles. The normalized spacial score (nSPS) is 11.8. The summed E-state index contributed by atoms with van der Waals surface area (Å²) >= 11 is 0. The highest BCUT2D eigenvalue weighted by Gasteiger charge is 2.13. The second-order valence-electron chi connectivity index (χ2n) is 3.98. The number of amides is 1. The van der Waals surface area contributed by atoms with Gasteiger partial charge in [-0.25, -0.2) is 0 Å². The lowest BCUT2D eigenvalue weighted by Crippen LogP contribution is -2.34. The maximum atomic E-state index is 10.9. The van der Waals surface area contributed by atoms with Crippen molar-refractivity contribution in [3.63, 3.8) is 0 Å². The van der Waals surface area contributed by atoms with E-state index in [4.69, 9.17) is 10.8 Å². The third-order valence-corrected chi connectivity index (χ3v) is 2.38. The highest BCUT2D eigenvalue weighted by Crippen LogP contribution is 1.98. The number of aromatic nitrogens is 3. The lowest BCUT2D eigenvalue weighted by atomic mass is 10.2. The van der Waals surface area contributed by atoms with Crippen LogP contribution >= 0.6 is 0 Å². The van der Waals surface area contributed by atoms with Gasteiger partial charge in [0, 0.05) is 12.7 Å². The van der Waals surface area contributed by atoms with Gasteiger partial charge in [0.15, 0.2) is 0 Å². The molecule has 1 rings (SSSR count). The Bertz CT molecular complexity index is 457. The van der Waals surface area contributed by atoms with Crippen LogP contribution in [0.2, 0.25) is 0 Å². The summed E-state index contributed by atoms with van der Waals surface area (Å²) in [6.45, 7) is 3.94. The Morgan fingerprint density at radius 1 is 1.63 bits per heavy atom. The quantitative estimate of drug-likeness (QED) is 0.407. The molecule has 0 bridgehead atoms. The number of nitrogens with one attached hydrogen (secondary N) is 1. The molecular formula is C11H17N5O3. The minimum Gasteiger partial charge on any atom is -0.480 e. The average molecular weight is 267 g/mol. The Kier molecular flexibility index (Phi) is 5.68. The monoisotopic (exact) mass is 267 g/mol. The molecule has 19 heavy (non-hydrogen) atoms. The van der Waals surface area contributed by atoms with Gasteiger partial charge in [0.2, 0.25) is 5.91 Å². The van der Waals surface area contributed by atoms with Crippen LogP contribution in [0.3, 0.4) is 0 Å². The number of nitrogens with zero attached hydrogens (tertiary/aromatic N) is 3. The Morgan fingerprint density at radius 2 is 2.37 bits per heavy atom. The fraction of sp³-hybridized carbons (Fsp3) is 0.455. The van der Waals surface area contributed by atoms with Crippen molar-refractivity contribution in [1.82, 2.24) is 20.3 Å². The van der Waals surface area contributed by atoms with Gasteiger partial charge in [0.25, 0.3) is 0 Å². The fourth-order valence-electron chi connectivity index (χ4n) is 1.38. The first-order valence-corrected chi connectivity index (χ1v) is 5.80. The van der Waals surface area contributed by atoms with Gasteiger partial charge in [-0.05, 0) is 18.9 Å². The first-order valence-electron chi connectivity index (χ1n) is 5.80. The highest BCUT2D eigenvalue weighted by molar-refractivity contribution is 5.86. The predicted molar refractivity (Wildman–Crippen MR) is 67.2 cm³/mol. The fourth-order valence-corrected chi connectivity index (χ4v) is 1.38. The molecule has 0 aromatic carbocycles. The molecule has 0 radical (unpaired) electrons. The van der Waals surface area contributed by atoms with Crippen LogP contribution in [-0.2, 0) is 22.6 Å². The van der Waals surface area contributed by atoms with E-state index in [9.17, 15) is 9.59 Å². The number of rotatable bonds is 8. The van der Waals surface area contributed by atoms with Crippen LogP contribution in [0.25, 0.3) is 0 Å². The Morgan fingerprint density at radius 3 is 3.00 bits per heavy atom. The van der Waals surface area contributed by atoms with Crippen molar-refractivity contribution in [1.29, 1.82) is 0 Å². The third-order valence-electron chi connectivity index (χ3n) is 2.38. The molecule has 1 amide bonds. The number of carbonyl (C=O) groups is 2. The standard InChI is InChI=1S/C11H17N5O3/c1-2-10(17)13-5-3-4-8-6-16(15-14-8)7-9(12)11(18)19/h2,6,9H,1,3-5,7,12H2,(H,13,17)(H,18,19). The molecular weight excluding hydrogens is 250 g/mol. The average Bonchev–Trinajstić information content (AvgIpc) is 2.81. The lowest BCUT2D eigenvalue weighted by molar-refractivity contribution is -0.138. The van der Waals surface area contributed by atoms with E-state index in [1.807, 2.05) is 0 Å². The zero-order chi connectivity index (χ0) is 14.3. The molecule has 1 aromatic rings. The highest BCUT2D eigenvalue weighted by atomic mass is 16.4. The number of carboxylic acid groups (broad SMARTS) is 1. The zero-order valence-corrected chi connectivity index (χ0v) is 10.5. The second kappa shape index (κ2) is 7.27. The molecule has 8 heteroatoms. The summed E-state index contributed by atoms with van der Waals surface area (Å²) < 4.78 is 1.40. The third kappa shape index (κ3) is 5.30. The van der Waals surface area contributed by atoms with Crippen molar-refractivity contribution in [3.8, 4) is 0 Å². The number of nitrogens with two attached hydrogens (primary N) is 1. The Balaban J connectivity index is 2.32. The molecule has 0 saturated carbocycles. The molecule has 0 aliphatic carbocycles. The van der Waals surface area contributed by atoms with E-state index >= 15 is 0 Å². The van der Waals surface area contributed by atoms with Crippen LogP contribution in [0.1, 0.15) is 12.1 Å². The molecule has 8 nitrogen and oxygen atoms in total. The topological polar surface area (TPSA) is 123 Å². The minimum absolute atomic E-state index is 0.0789. The summed E-state index contributed by atoms with van der Waals surface area (Å²) in [5.41, 5.74) is 6.11. The summed E-state index contributed by atoms with van der Waals surface area (Å²) in [6.07, 6.45) is 4.21. The first kappa shape index (κ1) is 14.8. The van der Waals surface area contributed by atoms with Crippen molar-refractivity contribution in [3.05, 3.63) is 24.5 Å². The van der Waals surface area contributed by atoms with Crippen LogP contribution in [0.15, 0.2) is 18.9 Å². The Labute approximate surface area is 110 Å². The Hall–Kier alpha value is -2.22. The zero-order valence-electron chi connectivity index (χ0n) is 10.5. The molecule has 0 fully saturated rings. The van der Waals surface area contributed by atoms with Gasteiger partial charge in [-0.1, -0.05) is 11.8 Å². The van der Waals surface area contributed by atoms with Crippen molar-refractivity contribution in [2.45, 2.75) is 25.4 Å². The summed E-state index contributed by atoms with van der Waals surface area (Å²) in [6, 6.07) is -0.999. The molecule has 1 atom stereocenters. The largest absolute Gasteiger partial charge is 0.480 e. The number of aryl methyl sites for hydroxylation is 1. The number of carbonyl (C=O) groups excluding carboxylic acids is 1. The van der Waals surface area contributed by atoms with Crippen LogP contribution < -0.4 is 11.1 Å². The van der Waals surface area contributed by atoms with E-state index < -0.39 is 12.0 Å². The summed E-state index contributed by atoms with van der Waals surface area (Å²) in [5.74, 6) is -1.29. The second-order valence-corrected chi connectivity index (χ2v) is 3.98. The number of hydrogen-bond donors (Lipinski definition) is 3. The van der Waals surface area contributed by atoms with Crippen LogP contribution in [0, 0.1) is 0 Å². The van der Waals surface area contributed by atoms with E-state index in [0.29, 0.717) is 19.4 Å². The summed E-state index contributed by atoms with van der Waals surface area (Å²) in [4.78, 5) is 21.5. The van der Waals surface area contributed by atoms with Gasteiger partial charge in [-0.3, -0.25) is 14.3 Å². The van der Waals surface area contributed by atoms with E-state index in [-0.39, 0.29) is 12.5 Å². The maximum Gasteiger partial charge on any atom is 0.322 e. The van der Waals surface area contributed by atoms with Gasteiger partial charge in [0.1, 0.15) is 6.04 Å². The van der Waals surface area contributed by atoms with Crippen LogP contribution in [0.4, 0.5) is 0 Å². The number of hydrogen-bond acceptors (Lipinski definition) is 5. The predicted octanol–water partition coefficient (Wildman–Crippen LogP) is -1.08. The van der Waals surface area contributed by atoms with Crippen LogP contribution in [-0.4, -0.2) is 44.6 Å². The van der Waals surface area contributed by atoms with Gasteiger partial charge in [-0.2, -0.15) is 0 Å². The summed E-state index contributed by atoms with van der Waals surface area (Å²) in [5, 5.41) is 19.0. The van der Waals surface area contributed by atoms with E-state index in [1.54, 1.807) is 6.20 Å². The molecule has 0 saturated heterocycles. The van der Waals surface area contributed by atoms with Crippen molar-refractivity contribution in [2.24, 2.45) is 5.73 Å². The molecule has 0 aliphatic rings. The van der Waals surface area contributed by atoms with Crippen molar-refractivity contribution in [2.75, 3.05) is 6.54 Å². The molecule has 104 valence electrons. The van der Waals surface area contributed by atoms with Gasteiger partial charge < -0.3 is 16.2 Å². The minimum atomic E-state index is -1.08. The van der Waals surface area contributed by atoms with E-state index in [0.717, 1.165) is 5.69 Å². The van der Waals surface area contributed by atoms with Gasteiger partial charge >= 0.3 is 5.97 Å². The molecule has 1 heterocycles. The van der Waals surface area contributed by atoms with Gasteiger partial charge in [0.05, 0.1) is 12.2 Å². The SMILES string of the molecule is C=CC(=O)NCCCc1cn(CC(N)C(=O)O)nn1. The van der Waals surface area contributed by atoms with Gasteiger partial charge in [-0.15, -0.1) is 5.10 Å². The molecule has 0 aliphatic heterocycles. The molecule has 1 unspecified atom stereocenters. The van der Waals surface area contributed by atoms with Crippen molar-refractivity contribution < 1.29 is 14.7 Å². The number of carboxylic acids is 1. The summed E-state index contributed by atoms with van der Waals surface area (Å²) in [7, 11) is 0. The lowest BCUT2D eigenvalue weighted by Gasteiger charge is -2.04. The van der Waals surface area contributed by atoms with E-state index in [2.05, 4.69) is 22.2 Å². The van der Waals surface area contributed by atoms with Crippen molar-refractivity contribution >= 4 is 11.9 Å². The number of aliphatic carboxylic acids is 1.